The second-order valence-electron chi connectivity index (χ2n) is 5.78. The summed E-state index contributed by atoms with van der Waals surface area (Å²) in [7, 11) is 1.62. The molecule has 118 valence electrons. The van der Waals surface area contributed by atoms with Crippen molar-refractivity contribution in [1.82, 2.24) is 15.0 Å². The first-order valence-electron chi connectivity index (χ1n) is 7.53. The Hall–Kier alpha value is -1.92. The lowest BCUT2D eigenvalue weighted by molar-refractivity contribution is 0.0220. The van der Waals surface area contributed by atoms with Gasteiger partial charge in [-0.15, -0.1) is 0 Å². The van der Waals surface area contributed by atoms with Crippen molar-refractivity contribution in [2.75, 3.05) is 20.2 Å². The van der Waals surface area contributed by atoms with Crippen LogP contribution in [0.5, 0.6) is 5.75 Å². The summed E-state index contributed by atoms with van der Waals surface area (Å²) in [5.41, 5.74) is 0.812. The summed E-state index contributed by atoms with van der Waals surface area (Å²) in [6, 6.07) is 7.59. The molecule has 0 bridgehead atoms. The third-order valence-corrected chi connectivity index (χ3v) is 4.18. The lowest BCUT2D eigenvalue weighted by Crippen LogP contribution is -2.42. The van der Waals surface area contributed by atoms with E-state index in [2.05, 4.69) is 22.0 Å². The molecule has 0 spiro atoms. The first-order chi connectivity index (χ1) is 10.7. The van der Waals surface area contributed by atoms with Crippen molar-refractivity contribution in [3.63, 3.8) is 0 Å². The number of aliphatic hydroxyl groups excluding tert-OH is 1. The summed E-state index contributed by atoms with van der Waals surface area (Å²) < 4.78 is 10.7. The fraction of sp³-hybridized carbons (Fsp3) is 0.500. The Labute approximate surface area is 129 Å². The minimum Gasteiger partial charge on any atom is -0.496 e. The number of nitrogens with zero attached hydrogens (tertiary/aromatic N) is 3. The van der Waals surface area contributed by atoms with Gasteiger partial charge >= 0.3 is 0 Å². The molecule has 0 amide bonds. The molecule has 1 aromatic heterocycles. The van der Waals surface area contributed by atoms with E-state index in [-0.39, 0.29) is 6.10 Å². The lowest BCUT2D eigenvalue weighted by atomic mass is 9.96. The molecule has 2 aromatic rings. The molecule has 6 heteroatoms. The van der Waals surface area contributed by atoms with E-state index in [1.807, 2.05) is 24.3 Å². The number of piperidine rings is 1. The number of hydrogen-bond acceptors (Lipinski definition) is 6. The molecule has 3 rings (SSSR count). The summed E-state index contributed by atoms with van der Waals surface area (Å²) in [6.45, 7) is 4.22. The molecular formula is C16H21N3O3. The maximum absolute atomic E-state index is 9.95. The number of rotatable bonds is 4. The van der Waals surface area contributed by atoms with Crippen LogP contribution in [0.2, 0.25) is 0 Å². The second kappa shape index (κ2) is 6.46. The van der Waals surface area contributed by atoms with E-state index in [0.717, 1.165) is 24.3 Å². The zero-order valence-corrected chi connectivity index (χ0v) is 12.9. The largest absolute Gasteiger partial charge is 0.496 e. The molecule has 1 aliphatic rings. The first-order valence-corrected chi connectivity index (χ1v) is 7.53. The van der Waals surface area contributed by atoms with Crippen molar-refractivity contribution < 1.29 is 14.4 Å². The van der Waals surface area contributed by atoms with Crippen molar-refractivity contribution in [3.05, 3.63) is 30.2 Å². The number of aromatic nitrogens is 2. The van der Waals surface area contributed by atoms with Gasteiger partial charge in [-0.3, -0.25) is 4.90 Å². The van der Waals surface area contributed by atoms with E-state index in [1.165, 1.54) is 0 Å². The predicted molar refractivity (Wildman–Crippen MR) is 81.4 cm³/mol. The molecule has 2 unspecified atom stereocenters. The number of para-hydroxylation sites is 1. The van der Waals surface area contributed by atoms with Crippen LogP contribution in [0.25, 0.3) is 11.4 Å². The highest BCUT2D eigenvalue weighted by molar-refractivity contribution is 5.63. The molecule has 1 N–H and O–H groups in total. The summed E-state index contributed by atoms with van der Waals surface area (Å²) in [5.74, 6) is 2.15. The molecule has 6 nitrogen and oxygen atoms in total. The van der Waals surface area contributed by atoms with Crippen LogP contribution in [0, 0.1) is 5.92 Å². The molecule has 1 fully saturated rings. The van der Waals surface area contributed by atoms with Crippen molar-refractivity contribution in [1.29, 1.82) is 0 Å². The fourth-order valence-corrected chi connectivity index (χ4v) is 2.71. The van der Waals surface area contributed by atoms with Crippen LogP contribution in [0.15, 0.2) is 28.8 Å². The summed E-state index contributed by atoms with van der Waals surface area (Å²) >= 11 is 0. The van der Waals surface area contributed by atoms with E-state index in [1.54, 1.807) is 7.11 Å². The average Bonchev–Trinajstić information content (AvgIpc) is 2.99. The lowest BCUT2D eigenvalue weighted by Gasteiger charge is -2.33. The van der Waals surface area contributed by atoms with Crippen molar-refractivity contribution in [2.45, 2.75) is 26.0 Å². The Kier molecular flexibility index (Phi) is 4.40. The molecule has 0 saturated carbocycles. The zero-order valence-electron chi connectivity index (χ0n) is 12.9. The highest BCUT2D eigenvalue weighted by Gasteiger charge is 2.25. The van der Waals surface area contributed by atoms with Crippen LogP contribution in [0.1, 0.15) is 19.2 Å². The van der Waals surface area contributed by atoms with Gasteiger partial charge in [0.25, 0.3) is 0 Å². The molecular weight excluding hydrogens is 282 g/mol. The Morgan fingerprint density at radius 3 is 3.00 bits per heavy atom. The number of likely N-dealkylation sites (tertiary alicyclic amines) is 1. The molecule has 1 aliphatic heterocycles. The van der Waals surface area contributed by atoms with Gasteiger partial charge in [-0.1, -0.05) is 24.2 Å². The smallest absolute Gasteiger partial charge is 0.241 e. The summed E-state index contributed by atoms with van der Waals surface area (Å²) in [5, 5.41) is 14.0. The number of ether oxygens (including phenoxy) is 1. The molecule has 1 saturated heterocycles. The normalized spacial score (nSPS) is 22.7. The number of aliphatic hydroxyl groups is 1. The molecule has 1 aromatic carbocycles. The monoisotopic (exact) mass is 303 g/mol. The third-order valence-electron chi connectivity index (χ3n) is 4.18. The summed E-state index contributed by atoms with van der Waals surface area (Å²) in [4.78, 5) is 6.59. The van der Waals surface area contributed by atoms with Gasteiger partial charge in [0.1, 0.15) is 5.75 Å². The van der Waals surface area contributed by atoms with Gasteiger partial charge in [0.15, 0.2) is 0 Å². The molecule has 0 aliphatic carbocycles. The van der Waals surface area contributed by atoms with Crippen LogP contribution in [-0.4, -0.2) is 46.5 Å². The van der Waals surface area contributed by atoms with E-state index in [4.69, 9.17) is 9.26 Å². The topological polar surface area (TPSA) is 71.6 Å². The highest BCUT2D eigenvalue weighted by atomic mass is 16.5. The fourth-order valence-electron chi connectivity index (χ4n) is 2.71. The van der Waals surface area contributed by atoms with E-state index >= 15 is 0 Å². The maximum atomic E-state index is 9.95. The number of methoxy groups -OCH3 is 1. The molecule has 2 heterocycles. The van der Waals surface area contributed by atoms with Gasteiger partial charge in [0.2, 0.25) is 11.7 Å². The Bertz CT molecular complexity index is 629. The predicted octanol–water partition coefficient (Wildman–Crippen LogP) is 1.95. The quantitative estimate of drug-likeness (QED) is 0.931. The van der Waals surface area contributed by atoms with Crippen LogP contribution < -0.4 is 4.74 Å². The molecule has 22 heavy (non-hydrogen) atoms. The van der Waals surface area contributed by atoms with Crippen molar-refractivity contribution in [2.24, 2.45) is 5.92 Å². The minimum absolute atomic E-state index is 0.287. The second-order valence-corrected chi connectivity index (χ2v) is 5.78. The third kappa shape index (κ3) is 3.13. The number of benzene rings is 1. The standard InChI is InChI=1S/C16H21N3O3/c1-11-7-8-19(9-13(11)20)10-15-17-16(18-22-15)12-5-3-4-6-14(12)21-2/h3-6,11,13,20H,7-10H2,1-2H3. The Morgan fingerprint density at radius 1 is 1.41 bits per heavy atom. The van der Waals surface area contributed by atoms with Gasteiger partial charge in [0.05, 0.1) is 25.3 Å². The van der Waals surface area contributed by atoms with Crippen molar-refractivity contribution >= 4 is 0 Å². The minimum atomic E-state index is -0.287. The SMILES string of the molecule is COc1ccccc1-c1noc(CN2CCC(C)C(O)C2)n1. The number of β-amino-alcohol motifs (C(OH)–C–C–N with tert-alkyl or cyclic N) is 1. The van der Waals surface area contributed by atoms with Crippen LogP contribution in [0.4, 0.5) is 0 Å². The van der Waals surface area contributed by atoms with Gasteiger partial charge in [-0.25, -0.2) is 0 Å². The molecule has 0 radical (unpaired) electrons. The van der Waals surface area contributed by atoms with Crippen LogP contribution in [0.3, 0.4) is 0 Å². The van der Waals surface area contributed by atoms with Gasteiger partial charge < -0.3 is 14.4 Å². The van der Waals surface area contributed by atoms with Gasteiger partial charge in [-0.05, 0) is 31.0 Å². The maximum Gasteiger partial charge on any atom is 0.241 e. The van der Waals surface area contributed by atoms with Crippen LogP contribution in [-0.2, 0) is 6.54 Å². The Morgan fingerprint density at radius 2 is 2.23 bits per heavy atom. The Balaban J connectivity index is 1.71. The molecule has 2 atom stereocenters. The van der Waals surface area contributed by atoms with Crippen LogP contribution >= 0.6 is 0 Å². The van der Waals surface area contributed by atoms with E-state index < -0.39 is 0 Å². The summed E-state index contributed by atoms with van der Waals surface area (Å²) in [6.07, 6.45) is 0.694. The van der Waals surface area contributed by atoms with E-state index in [0.29, 0.717) is 30.7 Å². The zero-order chi connectivity index (χ0) is 15.5. The first kappa shape index (κ1) is 15.0. The van der Waals surface area contributed by atoms with Crippen molar-refractivity contribution in [3.8, 4) is 17.1 Å². The van der Waals surface area contributed by atoms with Gasteiger partial charge in [0, 0.05) is 6.54 Å². The highest BCUT2D eigenvalue weighted by Crippen LogP contribution is 2.27. The number of hydrogen-bond donors (Lipinski definition) is 1. The van der Waals surface area contributed by atoms with Gasteiger partial charge in [-0.2, -0.15) is 4.98 Å². The average molecular weight is 303 g/mol. The van der Waals surface area contributed by atoms with E-state index in [9.17, 15) is 5.11 Å².